The van der Waals surface area contributed by atoms with E-state index in [2.05, 4.69) is 10.5 Å². The molecule has 0 spiro atoms. The number of ether oxygens (including phenoxy) is 2. The fraction of sp³-hybridized carbons (Fsp3) is 0.320. The van der Waals surface area contributed by atoms with Crippen LogP contribution >= 0.6 is 0 Å². The summed E-state index contributed by atoms with van der Waals surface area (Å²) in [6.07, 6.45) is 0.186. The molecule has 2 aromatic carbocycles. The van der Waals surface area contributed by atoms with Crippen LogP contribution in [0.1, 0.15) is 36.3 Å². The second-order valence-corrected chi connectivity index (χ2v) is 7.83. The highest BCUT2D eigenvalue weighted by Gasteiger charge is 2.23. The third kappa shape index (κ3) is 6.35. The van der Waals surface area contributed by atoms with Gasteiger partial charge in [0.15, 0.2) is 11.5 Å². The third-order valence-corrected chi connectivity index (χ3v) is 4.96. The molecule has 3 rings (SSSR count). The Kier molecular flexibility index (Phi) is 8.07. The van der Waals surface area contributed by atoms with Crippen LogP contribution in [0.2, 0.25) is 0 Å². The molecule has 0 saturated carbocycles. The predicted molar refractivity (Wildman–Crippen MR) is 124 cm³/mol. The fourth-order valence-electron chi connectivity index (χ4n) is 3.36. The van der Waals surface area contributed by atoms with Crippen LogP contribution in [0.25, 0.3) is 11.3 Å². The van der Waals surface area contributed by atoms with Crippen molar-refractivity contribution in [1.29, 1.82) is 0 Å². The molecule has 0 aliphatic rings. The molecule has 0 aliphatic carbocycles. The molecular formula is C25H29N3O5. The number of hydrogen-bond acceptors (Lipinski definition) is 6. The van der Waals surface area contributed by atoms with Crippen LogP contribution in [0.5, 0.6) is 11.5 Å². The highest BCUT2D eigenvalue weighted by molar-refractivity contribution is 5.93. The van der Waals surface area contributed by atoms with Crippen molar-refractivity contribution < 1.29 is 23.6 Å². The summed E-state index contributed by atoms with van der Waals surface area (Å²) in [6.45, 7) is 4.39. The first-order valence-electron chi connectivity index (χ1n) is 10.7. The predicted octanol–water partition coefficient (Wildman–Crippen LogP) is 3.92. The Bertz CT molecular complexity index is 1080. The molecule has 1 heterocycles. The summed E-state index contributed by atoms with van der Waals surface area (Å²) in [6, 6.07) is 16.5. The Morgan fingerprint density at radius 3 is 2.48 bits per heavy atom. The van der Waals surface area contributed by atoms with Crippen LogP contribution in [0.15, 0.2) is 59.1 Å². The second-order valence-electron chi connectivity index (χ2n) is 7.83. The smallest absolute Gasteiger partial charge is 0.276 e. The van der Waals surface area contributed by atoms with Crippen LogP contribution in [-0.4, -0.2) is 48.7 Å². The van der Waals surface area contributed by atoms with Crippen LogP contribution in [0.4, 0.5) is 0 Å². The number of nitrogens with zero attached hydrogens (tertiary/aromatic N) is 2. The van der Waals surface area contributed by atoms with Gasteiger partial charge >= 0.3 is 0 Å². The average Bonchev–Trinajstić information content (AvgIpc) is 3.31. The number of rotatable bonds is 10. The number of amides is 2. The van der Waals surface area contributed by atoms with Crippen LogP contribution < -0.4 is 14.8 Å². The van der Waals surface area contributed by atoms with Crippen molar-refractivity contribution in [3.63, 3.8) is 0 Å². The maximum atomic E-state index is 13.3. The van der Waals surface area contributed by atoms with Crippen molar-refractivity contribution in [2.45, 2.75) is 32.9 Å². The van der Waals surface area contributed by atoms with E-state index < -0.39 is 0 Å². The van der Waals surface area contributed by atoms with Crippen molar-refractivity contribution in [2.75, 3.05) is 20.8 Å². The standard InChI is InChI=1S/C25H29N3O5/c1-17(2)26-24(29)12-13-28(16-18-8-6-5-7-9-18)25(30)21-15-23(33-27-21)20-14-19(31-3)10-11-22(20)32-4/h5-11,14-15,17H,12-13,16H2,1-4H3,(H,26,29). The van der Waals surface area contributed by atoms with E-state index in [-0.39, 0.29) is 36.5 Å². The van der Waals surface area contributed by atoms with Crippen molar-refractivity contribution in [3.05, 3.63) is 65.9 Å². The lowest BCUT2D eigenvalue weighted by Gasteiger charge is -2.22. The largest absolute Gasteiger partial charge is 0.497 e. The molecule has 2 amide bonds. The van der Waals surface area contributed by atoms with Gasteiger partial charge in [0, 0.05) is 31.6 Å². The van der Waals surface area contributed by atoms with Gasteiger partial charge in [-0.15, -0.1) is 0 Å². The summed E-state index contributed by atoms with van der Waals surface area (Å²) in [5.74, 6) is 1.13. The number of methoxy groups -OCH3 is 2. The zero-order valence-electron chi connectivity index (χ0n) is 19.3. The minimum Gasteiger partial charge on any atom is -0.497 e. The van der Waals surface area contributed by atoms with Gasteiger partial charge in [0.25, 0.3) is 5.91 Å². The normalized spacial score (nSPS) is 10.7. The van der Waals surface area contributed by atoms with Crippen LogP contribution in [0, 0.1) is 0 Å². The lowest BCUT2D eigenvalue weighted by molar-refractivity contribution is -0.121. The number of hydrogen-bond donors (Lipinski definition) is 1. The molecule has 8 nitrogen and oxygen atoms in total. The topological polar surface area (TPSA) is 93.9 Å². The first-order valence-corrected chi connectivity index (χ1v) is 10.7. The molecule has 0 aliphatic heterocycles. The second kappa shape index (κ2) is 11.2. The summed E-state index contributed by atoms with van der Waals surface area (Å²) < 4.78 is 16.2. The average molecular weight is 452 g/mol. The molecule has 3 aromatic rings. The molecule has 0 radical (unpaired) electrons. The number of benzene rings is 2. The van der Waals surface area contributed by atoms with Gasteiger partial charge in [0.2, 0.25) is 5.91 Å². The minimum absolute atomic E-state index is 0.0340. The highest BCUT2D eigenvalue weighted by Crippen LogP contribution is 2.34. The maximum Gasteiger partial charge on any atom is 0.276 e. The highest BCUT2D eigenvalue weighted by atomic mass is 16.5. The zero-order valence-corrected chi connectivity index (χ0v) is 19.3. The minimum atomic E-state index is -0.326. The van der Waals surface area contributed by atoms with Gasteiger partial charge in [-0.1, -0.05) is 35.5 Å². The van der Waals surface area contributed by atoms with E-state index in [9.17, 15) is 9.59 Å². The first-order chi connectivity index (χ1) is 15.9. The van der Waals surface area contributed by atoms with Gasteiger partial charge < -0.3 is 24.2 Å². The Morgan fingerprint density at radius 2 is 1.82 bits per heavy atom. The summed E-state index contributed by atoms with van der Waals surface area (Å²) in [4.78, 5) is 27.1. The van der Waals surface area contributed by atoms with Crippen molar-refractivity contribution >= 4 is 11.8 Å². The molecule has 0 unspecified atom stereocenters. The summed E-state index contributed by atoms with van der Waals surface area (Å²) >= 11 is 0. The summed E-state index contributed by atoms with van der Waals surface area (Å²) in [5, 5.41) is 6.85. The molecule has 0 bridgehead atoms. The Morgan fingerprint density at radius 1 is 1.06 bits per heavy atom. The van der Waals surface area contributed by atoms with Gasteiger partial charge in [-0.25, -0.2) is 0 Å². The Balaban J connectivity index is 1.84. The quantitative estimate of drug-likeness (QED) is 0.502. The molecule has 8 heteroatoms. The van der Waals surface area contributed by atoms with Gasteiger partial charge in [-0.2, -0.15) is 0 Å². The van der Waals surface area contributed by atoms with E-state index in [0.717, 1.165) is 5.56 Å². The molecule has 174 valence electrons. The molecule has 1 N–H and O–H groups in total. The monoisotopic (exact) mass is 451 g/mol. The molecule has 0 fully saturated rings. The van der Waals surface area contributed by atoms with E-state index in [4.69, 9.17) is 14.0 Å². The number of carbonyl (C=O) groups excluding carboxylic acids is 2. The molecular weight excluding hydrogens is 422 g/mol. The van der Waals surface area contributed by atoms with Crippen molar-refractivity contribution in [2.24, 2.45) is 0 Å². The van der Waals surface area contributed by atoms with Gasteiger partial charge in [0.1, 0.15) is 11.5 Å². The van der Waals surface area contributed by atoms with Gasteiger partial charge in [-0.05, 0) is 37.6 Å². The fourth-order valence-corrected chi connectivity index (χ4v) is 3.36. The van der Waals surface area contributed by atoms with E-state index in [1.54, 1.807) is 43.4 Å². The van der Waals surface area contributed by atoms with E-state index >= 15 is 0 Å². The first kappa shape index (κ1) is 23.8. The number of carbonyl (C=O) groups is 2. The van der Waals surface area contributed by atoms with Crippen LogP contribution in [0.3, 0.4) is 0 Å². The molecule has 33 heavy (non-hydrogen) atoms. The molecule has 0 atom stereocenters. The zero-order chi connectivity index (χ0) is 23.8. The van der Waals surface area contributed by atoms with E-state index in [0.29, 0.717) is 29.4 Å². The lowest BCUT2D eigenvalue weighted by atomic mass is 10.1. The van der Waals surface area contributed by atoms with Gasteiger partial charge in [0.05, 0.1) is 19.8 Å². The van der Waals surface area contributed by atoms with Crippen molar-refractivity contribution in [1.82, 2.24) is 15.4 Å². The third-order valence-electron chi connectivity index (χ3n) is 4.96. The van der Waals surface area contributed by atoms with Crippen molar-refractivity contribution in [3.8, 4) is 22.8 Å². The number of aromatic nitrogens is 1. The number of nitrogens with one attached hydrogen (secondary N) is 1. The molecule has 0 saturated heterocycles. The van der Waals surface area contributed by atoms with E-state index in [1.165, 1.54) is 0 Å². The van der Waals surface area contributed by atoms with E-state index in [1.807, 2.05) is 44.2 Å². The molecule has 1 aromatic heterocycles. The van der Waals surface area contributed by atoms with Gasteiger partial charge in [-0.3, -0.25) is 9.59 Å². The van der Waals surface area contributed by atoms with Crippen LogP contribution in [-0.2, 0) is 11.3 Å². The maximum absolute atomic E-state index is 13.3. The summed E-state index contributed by atoms with van der Waals surface area (Å²) in [5.41, 5.74) is 1.72. The summed E-state index contributed by atoms with van der Waals surface area (Å²) in [7, 11) is 3.12. The lowest BCUT2D eigenvalue weighted by Crippen LogP contribution is -2.36. The Labute approximate surface area is 193 Å². The SMILES string of the molecule is COc1ccc(OC)c(-c2cc(C(=O)N(CCC(=O)NC(C)C)Cc3ccccc3)no2)c1. The Hall–Kier alpha value is -3.81.